The zero-order chi connectivity index (χ0) is 59.4. The van der Waals surface area contributed by atoms with Gasteiger partial charge >= 0.3 is 18.2 Å². The maximum Gasteiger partial charge on any atom is 0.415 e. The summed E-state index contributed by atoms with van der Waals surface area (Å²) in [6, 6.07) is 19.9. The maximum atomic E-state index is 14.6. The van der Waals surface area contributed by atoms with Crippen LogP contribution in [0, 0.1) is 0 Å². The van der Waals surface area contributed by atoms with Crippen LogP contribution in [0.4, 0.5) is 31.4 Å². The average molecular weight is 1220 g/mol. The third-order valence-electron chi connectivity index (χ3n) is 15.0. The van der Waals surface area contributed by atoms with Crippen LogP contribution in [0.15, 0.2) is 84.9 Å². The number of hydrogen-bond acceptors (Lipinski definition) is 14. The van der Waals surface area contributed by atoms with E-state index in [1.165, 1.54) is 12.2 Å². The highest BCUT2D eigenvalue weighted by Crippen LogP contribution is 2.47. The Balaban J connectivity index is 0.750. The van der Waals surface area contributed by atoms with E-state index in [1.807, 2.05) is 55.6 Å². The molecular formula is C58H66BrN13O12. The molecule has 0 bridgehead atoms. The number of benzene rings is 4. The molecule has 11 amide bonds. The average Bonchev–Trinajstić information content (AvgIpc) is 2.71. The Labute approximate surface area is 491 Å². The minimum Gasteiger partial charge on any atom is -0.444 e. The standard InChI is InChI=1S/C58H66BrN13O12/c1-68-24-26-69(27-25-68)57(81)84-47-29-46-53(40-7-3-2-6-39(40)47)36(30-59)33-72(46)55(79)44-28-41-38-18-23-70(45(38)15-14-42(41)66-44)58(82)83-34-35-10-12-37(13-11-35)65-54(78)43(8-4-19-64-56(60)80)67-50(75)32-61-31-49(74)63-21-20-62-48(73)9-5-22-71-51(76)16-17-52(71)77/h2-3,6-7,10-17,28-29,36,43,61,66H,4-5,8-9,18-27,30-34H2,1H3,(H,62,73)(H,63,74)(H,65,78)(H,67,75)(H3,60,64,80)/t36-,43+/m1/s1. The van der Waals surface area contributed by atoms with Crippen molar-refractivity contribution in [2.75, 3.05) is 106 Å². The van der Waals surface area contributed by atoms with E-state index in [-0.39, 0.29) is 89.3 Å². The molecule has 0 aliphatic carbocycles. The van der Waals surface area contributed by atoms with Crippen molar-refractivity contribution < 1.29 is 57.4 Å². The van der Waals surface area contributed by atoms with Crippen molar-refractivity contribution in [1.29, 1.82) is 0 Å². The molecular weight excluding hydrogens is 1150 g/mol. The van der Waals surface area contributed by atoms with Crippen LogP contribution in [0.5, 0.6) is 5.75 Å². The SMILES string of the molecule is CN1CCN(C(=O)Oc2cc3c(c4ccccc24)[C@H](CBr)CN3C(=O)c2cc3c4c(ccc3[nH]2)N(C(=O)OCc2ccc(NC(=O)[C@H](CCCNC(N)=O)NC(=O)CNCC(=O)NCCNC(=O)CCCN3C(=O)C=CC3=O)cc2)CC4)CC1. The molecule has 9 N–H and O–H groups in total. The summed E-state index contributed by atoms with van der Waals surface area (Å²) in [6.45, 7) is 3.22. The number of aromatic amines is 1. The van der Waals surface area contributed by atoms with Crippen LogP contribution in [-0.2, 0) is 46.5 Å². The van der Waals surface area contributed by atoms with E-state index in [2.05, 4.69) is 57.7 Å². The van der Waals surface area contributed by atoms with Crippen LogP contribution < -0.4 is 52.2 Å². The number of carbonyl (C=O) groups is 10. The molecule has 4 aromatic carbocycles. The second-order valence-electron chi connectivity index (χ2n) is 20.8. The fourth-order valence-corrected chi connectivity index (χ4v) is 11.1. The number of urea groups is 1. The number of halogens is 1. The largest absolute Gasteiger partial charge is 0.444 e. The number of carbonyl (C=O) groups excluding carboxylic acids is 10. The predicted molar refractivity (Wildman–Crippen MR) is 315 cm³/mol. The van der Waals surface area contributed by atoms with Gasteiger partial charge in [0, 0.05) is 123 Å². The van der Waals surface area contributed by atoms with Crippen LogP contribution in [-0.4, -0.2) is 176 Å². The number of H-pyrrole nitrogens is 1. The number of ether oxygens (including phenoxy) is 2. The highest BCUT2D eigenvalue weighted by Gasteiger charge is 2.37. The van der Waals surface area contributed by atoms with Crippen LogP contribution in [0.2, 0.25) is 0 Å². The molecule has 2 atom stereocenters. The minimum atomic E-state index is -1.04. The number of nitrogens with two attached hydrogens (primary N) is 1. The summed E-state index contributed by atoms with van der Waals surface area (Å²) in [5.41, 5.74) is 10.5. The van der Waals surface area contributed by atoms with Crippen molar-refractivity contribution in [3.8, 4) is 5.75 Å². The number of primary amides is 1. The van der Waals surface area contributed by atoms with Gasteiger partial charge in [0.2, 0.25) is 23.6 Å². The number of piperazine rings is 1. The first kappa shape index (κ1) is 59.7. The second kappa shape index (κ2) is 27.5. The zero-order valence-electron chi connectivity index (χ0n) is 46.3. The van der Waals surface area contributed by atoms with E-state index in [0.29, 0.717) is 72.0 Å². The molecule has 4 aliphatic rings. The number of amides is 11. The summed E-state index contributed by atoms with van der Waals surface area (Å²) in [5, 5.41) is 19.0. The Morgan fingerprint density at radius 1 is 0.750 bits per heavy atom. The molecule has 0 saturated carbocycles. The van der Waals surface area contributed by atoms with Crippen molar-refractivity contribution in [1.82, 2.24) is 46.3 Å². The lowest BCUT2D eigenvalue weighted by molar-refractivity contribution is -0.137. The molecule has 84 heavy (non-hydrogen) atoms. The van der Waals surface area contributed by atoms with E-state index in [1.54, 1.807) is 39.0 Å². The van der Waals surface area contributed by atoms with Gasteiger partial charge in [-0.05, 0) is 85.1 Å². The van der Waals surface area contributed by atoms with Crippen LogP contribution in [0.3, 0.4) is 0 Å². The first-order chi connectivity index (χ1) is 40.5. The van der Waals surface area contributed by atoms with Gasteiger partial charge < -0.3 is 61.5 Å². The number of likely N-dealkylation sites (N-methyl/N-ethyl adjacent to an activating group) is 1. The topological polar surface area (TPSA) is 319 Å². The van der Waals surface area contributed by atoms with E-state index >= 15 is 0 Å². The highest BCUT2D eigenvalue weighted by atomic mass is 79.9. The Kier molecular flexibility index (Phi) is 19.5. The lowest BCUT2D eigenvalue weighted by Crippen LogP contribution is -2.48. The molecule has 0 radical (unpaired) electrons. The van der Waals surface area contributed by atoms with E-state index < -0.39 is 53.8 Å². The first-order valence-corrected chi connectivity index (χ1v) is 28.8. The van der Waals surface area contributed by atoms with Crippen LogP contribution >= 0.6 is 15.9 Å². The summed E-state index contributed by atoms with van der Waals surface area (Å²) in [7, 11) is 2.02. The van der Waals surface area contributed by atoms with E-state index in [9.17, 15) is 47.9 Å². The van der Waals surface area contributed by atoms with Gasteiger partial charge in [-0.1, -0.05) is 52.3 Å². The van der Waals surface area contributed by atoms with Crippen molar-refractivity contribution >= 4 is 114 Å². The second-order valence-corrected chi connectivity index (χ2v) is 21.4. The number of fused-ring (bicyclic) bond motifs is 6. The molecule has 1 saturated heterocycles. The van der Waals surface area contributed by atoms with E-state index in [0.717, 1.165) is 50.8 Å². The van der Waals surface area contributed by atoms with Gasteiger partial charge in [-0.2, -0.15) is 0 Å². The number of imide groups is 1. The maximum absolute atomic E-state index is 14.6. The molecule has 1 fully saturated rings. The molecule has 0 unspecified atom stereocenters. The van der Waals surface area contributed by atoms with Crippen molar-refractivity contribution in [2.45, 2.75) is 50.7 Å². The minimum absolute atomic E-state index is 0.0271. The zero-order valence-corrected chi connectivity index (χ0v) is 47.8. The van der Waals surface area contributed by atoms with Crippen molar-refractivity contribution in [2.24, 2.45) is 5.73 Å². The van der Waals surface area contributed by atoms with Crippen molar-refractivity contribution in [3.05, 3.63) is 107 Å². The number of rotatable bonds is 23. The smallest absolute Gasteiger partial charge is 0.415 e. The lowest BCUT2D eigenvalue weighted by Gasteiger charge is -2.31. The van der Waals surface area contributed by atoms with Crippen molar-refractivity contribution in [3.63, 3.8) is 0 Å². The van der Waals surface area contributed by atoms with Gasteiger partial charge in [-0.15, -0.1) is 0 Å². The van der Waals surface area contributed by atoms with Gasteiger partial charge in [0.15, 0.2) is 0 Å². The molecule has 26 heteroatoms. The molecule has 442 valence electrons. The predicted octanol–water partition coefficient (Wildman–Crippen LogP) is 3.30. The summed E-state index contributed by atoms with van der Waals surface area (Å²) in [4.78, 5) is 139. The molecule has 4 aliphatic heterocycles. The number of nitrogens with one attached hydrogen (secondary N) is 7. The highest BCUT2D eigenvalue weighted by molar-refractivity contribution is 9.09. The number of aromatic nitrogens is 1. The molecule has 1 aromatic heterocycles. The number of alkyl halides is 1. The summed E-state index contributed by atoms with van der Waals surface area (Å²) >= 11 is 3.70. The normalized spacial score (nSPS) is 15.9. The Bertz CT molecular complexity index is 3380. The number of hydrogen-bond donors (Lipinski definition) is 8. The van der Waals surface area contributed by atoms with E-state index in [4.69, 9.17) is 15.2 Å². The molecule has 9 rings (SSSR count). The molecule has 25 nitrogen and oxygen atoms in total. The fourth-order valence-electron chi connectivity index (χ4n) is 10.6. The Morgan fingerprint density at radius 2 is 1.46 bits per heavy atom. The van der Waals surface area contributed by atoms with Crippen LogP contribution in [0.1, 0.15) is 58.8 Å². The summed E-state index contributed by atoms with van der Waals surface area (Å²) in [5.74, 6) is -2.62. The third kappa shape index (κ3) is 14.5. The Morgan fingerprint density at radius 3 is 2.19 bits per heavy atom. The van der Waals surface area contributed by atoms with Gasteiger partial charge in [-0.3, -0.25) is 48.7 Å². The van der Waals surface area contributed by atoms with Gasteiger partial charge in [0.1, 0.15) is 24.1 Å². The molecule has 0 spiro atoms. The van der Waals surface area contributed by atoms with Gasteiger partial charge in [0.05, 0.1) is 24.5 Å². The number of nitrogens with zero attached hydrogens (tertiary/aromatic N) is 5. The summed E-state index contributed by atoms with van der Waals surface area (Å²) in [6.07, 6.45) is 2.66. The van der Waals surface area contributed by atoms with Crippen LogP contribution in [0.25, 0.3) is 21.7 Å². The molecule has 5 aromatic rings. The lowest BCUT2D eigenvalue weighted by atomic mass is 9.95. The summed E-state index contributed by atoms with van der Waals surface area (Å²) < 4.78 is 11.9. The van der Waals surface area contributed by atoms with Gasteiger partial charge in [-0.25, -0.2) is 14.4 Å². The number of anilines is 3. The van der Waals surface area contributed by atoms with Gasteiger partial charge in [0.25, 0.3) is 17.7 Å². The Hall–Kier alpha value is -8.88. The quantitative estimate of drug-likeness (QED) is 0.0265. The monoisotopic (exact) mass is 1220 g/mol. The third-order valence-corrected chi connectivity index (χ3v) is 15.7. The molecule has 5 heterocycles. The fraction of sp³-hybridized carbons (Fsp3) is 0.379. The first-order valence-electron chi connectivity index (χ1n) is 27.7.